The van der Waals surface area contributed by atoms with E-state index in [-0.39, 0.29) is 6.03 Å². The third-order valence-corrected chi connectivity index (χ3v) is 4.92. The van der Waals surface area contributed by atoms with Gasteiger partial charge < -0.3 is 15.0 Å². The summed E-state index contributed by atoms with van der Waals surface area (Å²) in [6.45, 7) is 1.16. The highest BCUT2D eigenvalue weighted by molar-refractivity contribution is 9.10. The van der Waals surface area contributed by atoms with Gasteiger partial charge in [-0.25, -0.2) is 9.78 Å². The second kappa shape index (κ2) is 6.36. The molecular formula is C17H16BrN5O2. The zero-order valence-electron chi connectivity index (χ0n) is 13.5. The van der Waals surface area contributed by atoms with Crippen molar-refractivity contribution in [3.8, 4) is 5.75 Å². The maximum atomic E-state index is 12.6. The molecule has 0 bridgehead atoms. The summed E-state index contributed by atoms with van der Waals surface area (Å²) < 4.78 is 5.95. The minimum absolute atomic E-state index is 0.134. The van der Waals surface area contributed by atoms with Crippen LogP contribution in [0.4, 0.5) is 10.5 Å². The lowest BCUT2D eigenvalue weighted by molar-refractivity contribution is 0.206. The van der Waals surface area contributed by atoms with Crippen molar-refractivity contribution in [2.24, 2.45) is 0 Å². The maximum Gasteiger partial charge on any atom is 0.322 e. The number of H-pyrrole nitrogens is 1. The second-order valence-corrected chi connectivity index (χ2v) is 6.58. The summed E-state index contributed by atoms with van der Waals surface area (Å²) in [5.41, 5.74) is 3.71. The standard InChI is InChI=1S/C17H16BrN5O2/c1-25-12-4-2-3-11(7-12)20-17(24)23-6-5-13-10(9-23)8-19-16-14(13)15(18)21-22-16/h2-4,7-8H,5-6,9H2,1H3,(H,20,24)(H,19,21,22). The molecule has 1 aliphatic heterocycles. The van der Waals surface area contributed by atoms with Crippen molar-refractivity contribution in [3.63, 3.8) is 0 Å². The molecule has 0 saturated carbocycles. The Bertz CT molecular complexity index is 955. The molecule has 0 atom stereocenters. The quantitative estimate of drug-likeness (QED) is 0.689. The van der Waals surface area contributed by atoms with Gasteiger partial charge >= 0.3 is 6.03 Å². The summed E-state index contributed by atoms with van der Waals surface area (Å²) in [7, 11) is 1.60. The van der Waals surface area contributed by atoms with E-state index in [4.69, 9.17) is 4.74 Å². The Morgan fingerprint density at radius 2 is 2.32 bits per heavy atom. The number of rotatable bonds is 2. The zero-order chi connectivity index (χ0) is 17.4. The minimum Gasteiger partial charge on any atom is -0.497 e. The summed E-state index contributed by atoms with van der Waals surface area (Å²) in [6.07, 6.45) is 2.57. The van der Waals surface area contributed by atoms with E-state index in [1.165, 1.54) is 5.56 Å². The summed E-state index contributed by atoms with van der Waals surface area (Å²) in [5.74, 6) is 0.707. The van der Waals surface area contributed by atoms with Crippen LogP contribution in [0, 0.1) is 0 Å². The van der Waals surface area contributed by atoms with Gasteiger partial charge in [0.15, 0.2) is 5.65 Å². The molecule has 0 radical (unpaired) electrons. The molecule has 8 heteroatoms. The van der Waals surface area contributed by atoms with Crippen LogP contribution in [0.2, 0.25) is 0 Å². The molecule has 2 amide bonds. The SMILES string of the molecule is COc1cccc(NC(=O)N2CCc3c(cnc4[nH]nc(Br)c34)C2)c1. The van der Waals surface area contributed by atoms with E-state index in [1.807, 2.05) is 24.4 Å². The van der Waals surface area contributed by atoms with E-state index in [1.54, 1.807) is 18.1 Å². The number of pyridine rings is 1. The maximum absolute atomic E-state index is 12.6. The van der Waals surface area contributed by atoms with E-state index >= 15 is 0 Å². The lowest BCUT2D eigenvalue weighted by atomic mass is 9.99. The second-order valence-electron chi connectivity index (χ2n) is 5.83. The number of halogens is 1. The van der Waals surface area contributed by atoms with Crippen LogP contribution >= 0.6 is 15.9 Å². The first-order chi connectivity index (χ1) is 12.2. The van der Waals surface area contributed by atoms with Gasteiger partial charge in [0.25, 0.3) is 0 Å². The predicted octanol–water partition coefficient (Wildman–Crippen LogP) is 3.32. The fraction of sp³-hybridized carbons (Fsp3) is 0.235. The van der Waals surface area contributed by atoms with Crippen LogP contribution in [0.5, 0.6) is 5.75 Å². The Morgan fingerprint density at radius 1 is 1.44 bits per heavy atom. The molecule has 0 saturated heterocycles. The number of aromatic amines is 1. The van der Waals surface area contributed by atoms with Crippen molar-refractivity contribution in [2.75, 3.05) is 19.0 Å². The van der Waals surface area contributed by atoms with Gasteiger partial charge in [-0.1, -0.05) is 6.07 Å². The molecule has 1 aromatic carbocycles. The van der Waals surface area contributed by atoms with Gasteiger partial charge in [0, 0.05) is 31.0 Å². The van der Waals surface area contributed by atoms with Gasteiger partial charge in [0.05, 0.1) is 12.5 Å². The molecule has 2 N–H and O–H groups in total. The molecule has 3 heterocycles. The molecule has 0 aliphatic carbocycles. The molecule has 7 nitrogen and oxygen atoms in total. The number of fused-ring (bicyclic) bond motifs is 3. The number of ether oxygens (including phenoxy) is 1. The van der Waals surface area contributed by atoms with Gasteiger partial charge in [0.1, 0.15) is 10.4 Å². The van der Waals surface area contributed by atoms with Gasteiger partial charge in [-0.2, -0.15) is 5.10 Å². The van der Waals surface area contributed by atoms with E-state index in [2.05, 4.69) is 36.4 Å². The number of benzene rings is 1. The average Bonchev–Trinajstić information content (AvgIpc) is 3.03. The predicted molar refractivity (Wildman–Crippen MR) is 97.7 cm³/mol. The highest BCUT2D eigenvalue weighted by Crippen LogP contribution is 2.30. The number of hydrogen-bond acceptors (Lipinski definition) is 4. The number of amides is 2. The van der Waals surface area contributed by atoms with E-state index in [0.717, 1.165) is 27.6 Å². The Balaban J connectivity index is 1.54. The number of aromatic nitrogens is 3. The van der Waals surface area contributed by atoms with E-state index in [9.17, 15) is 4.79 Å². The molecule has 0 unspecified atom stereocenters. The van der Waals surface area contributed by atoms with Crippen molar-refractivity contribution >= 4 is 38.7 Å². The number of methoxy groups -OCH3 is 1. The number of hydrogen-bond donors (Lipinski definition) is 2. The fourth-order valence-corrected chi connectivity index (χ4v) is 3.60. The Hall–Kier alpha value is -2.61. The van der Waals surface area contributed by atoms with Crippen molar-refractivity contribution in [1.82, 2.24) is 20.1 Å². The Kier molecular flexibility index (Phi) is 4.04. The van der Waals surface area contributed by atoms with Crippen LogP contribution in [-0.4, -0.2) is 39.8 Å². The fourth-order valence-electron chi connectivity index (χ4n) is 3.08. The summed E-state index contributed by atoms with van der Waals surface area (Å²) >= 11 is 3.46. The van der Waals surface area contributed by atoms with E-state index in [0.29, 0.717) is 24.5 Å². The Morgan fingerprint density at radius 3 is 3.16 bits per heavy atom. The molecule has 25 heavy (non-hydrogen) atoms. The molecule has 0 spiro atoms. The normalized spacial score (nSPS) is 13.6. The van der Waals surface area contributed by atoms with Crippen LogP contribution in [0.15, 0.2) is 35.1 Å². The lowest BCUT2D eigenvalue weighted by Gasteiger charge is -2.29. The summed E-state index contributed by atoms with van der Waals surface area (Å²) in [6, 6.07) is 7.18. The van der Waals surface area contributed by atoms with Crippen LogP contribution in [-0.2, 0) is 13.0 Å². The van der Waals surface area contributed by atoms with E-state index < -0.39 is 0 Å². The molecule has 3 aromatic rings. The summed E-state index contributed by atoms with van der Waals surface area (Å²) in [5, 5.41) is 11.0. The number of carbonyl (C=O) groups is 1. The van der Waals surface area contributed by atoms with Crippen molar-refractivity contribution in [3.05, 3.63) is 46.2 Å². The number of urea groups is 1. The molecule has 0 fully saturated rings. The van der Waals surface area contributed by atoms with Crippen LogP contribution in [0.1, 0.15) is 11.1 Å². The third kappa shape index (κ3) is 2.93. The van der Waals surface area contributed by atoms with Gasteiger partial charge in [-0.3, -0.25) is 5.10 Å². The largest absolute Gasteiger partial charge is 0.497 e. The van der Waals surface area contributed by atoms with Gasteiger partial charge in [-0.15, -0.1) is 0 Å². The zero-order valence-corrected chi connectivity index (χ0v) is 15.1. The van der Waals surface area contributed by atoms with Crippen molar-refractivity contribution < 1.29 is 9.53 Å². The molecule has 4 rings (SSSR count). The Labute approximate surface area is 152 Å². The lowest BCUT2D eigenvalue weighted by Crippen LogP contribution is -2.39. The molecule has 1 aliphatic rings. The first-order valence-electron chi connectivity index (χ1n) is 7.86. The molecule has 2 aromatic heterocycles. The number of nitrogens with one attached hydrogen (secondary N) is 2. The topological polar surface area (TPSA) is 83.1 Å². The molecule has 128 valence electrons. The summed E-state index contributed by atoms with van der Waals surface area (Å²) in [4.78, 5) is 18.8. The van der Waals surface area contributed by atoms with Crippen LogP contribution in [0.3, 0.4) is 0 Å². The van der Waals surface area contributed by atoms with Crippen LogP contribution in [0.25, 0.3) is 11.0 Å². The highest BCUT2D eigenvalue weighted by Gasteiger charge is 2.24. The number of carbonyl (C=O) groups excluding carboxylic acids is 1. The first kappa shape index (κ1) is 15.9. The van der Waals surface area contributed by atoms with Gasteiger partial charge in [0.2, 0.25) is 0 Å². The number of anilines is 1. The van der Waals surface area contributed by atoms with Gasteiger partial charge in [-0.05, 0) is 45.6 Å². The minimum atomic E-state index is -0.134. The number of nitrogens with zero attached hydrogens (tertiary/aromatic N) is 3. The first-order valence-corrected chi connectivity index (χ1v) is 8.65. The van der Waals surface area contributed by atoms with Crippen LogP contribution < -0.4 is 10.1 Å². The van der Waals surface area contributed by atoms with Crippen molar-refractivity contribution in [2.45, 2.75) is 13.0 Å². The molecular weight excluding hydrogens is 386 g/mol. The monoisotopic (exact) mass is 401 g/mol. The highest BCUT2D eigenvalue weighted by atomic mass is 79.9. The average molecular weight is 402 g/mol. The third-order valence-electron chi connectivity index (χ3n) is 4.34. The smallest absolute Gasteiger partial charge is 0.322 e. The van der Waals surface area contributed by atoms with Crippen molar-refractivity contribution in [1.29, 1.82) is 0 Å².